The number of halogens is 2. The topological polar surface area (TPSA) is 64.0 Å². The summed E-state index contributed by atoms with van der Waals surface area (Å²) < 4.78 is 14.8. The minimum atomic E-state index is -0.544. The van der Waals surface area contributed by atoms with Crippen LogP contribution in [0.4, 0.5) is 4.39 Å². The number of hydrogen-bond donors (Lipinski definition) is 1. The van der Waals surface area contributed by atoms with Crippen molar-refractivity contribution in [2.24, 2.45) is 0 Å². The summed E-state index contributed by atoms with van der Waals surface area (Å²) in [4.78, 5) is 28.6. The van der Waals surface area contributed by atoms with Gasteiger partial charge in [-0.1, -0.05) is 23.7 Å². The molecule has 0 saturated carbocycles. The Balaban J connectivity index is 1.75. The van der Waals surface area contributed by atoms with Crippen molar-refractivity contribution in [2.75, 3.05) is 0 Å². The van der Waals surface area contributed by atoms with Gasteiger partial charge in [-0.3, -0.25) is 14.6 Å². The Morgan fingerprint density at radius 3 is 2.92 bits per heavy atom. The van der Waals surface area contributed by atoms with Gasteiger partial charge in [0.1, 0.15) is 17.9 Å². The fourth-order valence-electron chi connectivity index (χ4n) is 2.54. The Labute approximate surface area is 148 Å². The first-order chi connectivity index (χ1) is 12.0. The smallest absolute Gasteiger partial charge is 0.277 e. The first-order valence-electron chi connectivity index (χ1n) is 7.64. The molecule has 1 amide bonds. The van der Waals surface area contributed by atoms with Crippen LogP contribution in [0.2, 0.25) is 5.02 Å². The zero-order chi connectivity index (χ0) is 18.0. The third kappa shape index (κ3) is 3.69. The molecule has 0 aliphatic carbocycles. The van der Waals surface area contributed by atoms with Crippen LogP contribution < -0.4 is 10.9 Å². The molecular weight excluding hydrogens is 345 g/mol. The largest absolute Gasteiger partial charge is 0.348 e. The average Bonchev–Trinajstić information content (AvgIpc) is 2.60. The van der Waals surface area contributed by atoms with Gasteiger partial charge in [-0.2, -0.15) is 0 Å². The van der Waals surface area contributed by atoms with Crippen LogP contribution >= 0.6 is 11.6 Å². The summed E-state index contributed by atoms with van der Waals surface area (Å²) in [5, 5.41) is 3.48. The van der Waals surface area contributed by atoms with Gasteiger partial charge >= 0.3 is 0 Å². The maximum absolute atomic E-state index is 13.5. The van der Waals surface area contributed by atoms with Crippen LogP contribution in [-0.2, 0) is 11.3 Å². The second kappa shape index (κ2) is 7.03. The van der Waals surface area contributed by atoms with Gasteiger partial charge in [0.2, 0.25) is 5.91 Å². The van der Waals surface area contributed by atoms with Crippen LogP contribution in [0, 0.1) is 5.82 Å². The maximum Gasteiger partial charge on any atom is 0.277 e. The normalized spacial score (nSPS) is 12.1. The van der Waals surface area contributed by atoms with E-state index >= 15 is 0 Å². The summed E-state index contributed by atoms with van der Waals surface area (Å²) >= 11 is 5.66. The lowest BCUT2D eigenvalue weighted by molar-refractivity contribution is -0.122. The summed E-state index contributed by atoms with van der Waals surface area (Å²) in [5.41, 5.74) is 0.562. The molecule has 0 bridgehead atoms. The molecule has 0 radical (unpaired) electrons. The Kier molecular flexibility index (Phi) is 4.81. The van der Waals surface area contributed by atoms with Crippen molar-refractivity contribution in [3.05, 3.63) is 75.5 Å². The van der Waals surface area contributed by atoms with E-state index in [0.29, 0.717) is 16.5 Å². The number of nitrogens with one attached hydrogen (secondary N) is 1. The Morgan fingerprint density at radius 1 is 1.36 bits per heavy atom. The summed E-state index contributed by atoms with van der Waals surface area (Å²) in [5.74, 6) is -0.905. The van der Waals surface area contributed by atoms with Crippen molar-refractivity contribution in [1.29, 1.82) is 0 Å². The van der Waals surface area contributed by atoms with Crippen LogP contribution in [-0.4, -0.2) is 15.5 Å². The van der Waals surface area contributed by atoms with Gasteiger partial charge in [0, 0.05) is 17.8 Å². The van der Waals surface area contributed by atoms with E-state index in [0.717, 1.165) is 0 Å². The summed E-state index contributed by atoms with van der Waals surface area (Å²) in [6.45, 7) is 1.58. The molecule has 25 heavy (non-hydrogen) atoms. The molecule has 0 aliphatic heterocycles. The van der Waals surface area contributed by atoms with E-state index in [4.69, 9.17) is 11.6 Å². The number of pyridine rings is 2. The first kappa shape index (κ1) is 17.1. The van der Waals surface area contributed by atoms with Crippen LogP contribution in [0.1, 0.15) is 18.5 Å². The number of hydrogen-bond acceptors (Lipinski definition) is 3. The predicted octanol–water partition coefficient (Wildman–Crippen LogP) is 3.07. The molecule has 5 nitrogen and oxygen atoms in total. The van der Waals surface area contributed by atoms with Crippen molar-refractivity contribution in [3.8, 4) is 0 Å². The average molecular weight is 360 g/mol. The number of amides is 1. The molecule has 1 N–H and O–H groups in total. The molecule has 0 aliphatic rings. The minimum absolute atomic E-state index is 0.0255. The zero-order valence-corrected chi connectivity index (χ0v) is 14.1. The Hall–Kier alpha value is -2.73. The lowest BCUT2D eigenvalue weighted by atomic mass is 10.1. The molecule has 1 atom stereocenters. The molecule has 0 fully saturated rings. The maximum atomic E-state index is 13.5. The molecule has 128 valence electrons. The standard InChI is InChI=1S/C18H15ClFN3O2/c1-11(13-4-5-14(19)15(20)9-13)22-16(24)10-23-8-6-12-3-2-7-21-17(12)18(23)25/h2-9,11H,10H2,1H3,(H,22,24)/t11-/m0/s1. The van der Waals surface area contributed by atoms with Gasteiger partial charge in [0.15, 0.2) is 0 Å². The number of fused-ring (bicyclic) bond motifs is 1. The molecule has 0 spiro atoms. The van der Waals surface area contributed by atoms with Gasteiger partial charge < -0.3 is 9.88 Å². The number of carbonyl (C=O) groups excluding carboxylic acids is 1. The molecule has 3 aromatic rings. The summed E-state index contributed by atoms with van der Waals surface area (Å²) in [6, 6.07) is 9.19. The molecule has 3 rings (SSSR count). The quantitative estimate of drug-likeness (QED) is 0.778. The molecule has 0 saturated heterocycles. The second-order valence-electron chi connectivity index (χ2n) is 5.65. The monoisotopic (exact) mass is 359 g/mol. The van der Waals surface area contributed by atoms with Crippen LogP contribution in [0.15, 0.2) is 53.6 Å². The van der Waals surface area contributed by atoms with E-state index in [-0.39, 0.29) is 23.0 Å². The number of nitrogens with zero attached hydrogens (tertiary/aromatic N) is 2. The van der Waals surface area contributed by atoms with Crippen molar-refractivity contribution in [2.45, 2.75) is 19.5 Å². The van der Waals surface area contributed by atoms with E-state index in [1.54, 1.807) is 37.4 Å². The molecule has 1 aromatic carbocycles. The lowest BCUT2D eigenvalue weighted by Crippen LogP contribution is -2.33. The molecular formula is C18H15ClFN3O2. The number of aromatic nitrogens is 2. The highest BCUT2D eigenvalue weighted by atomic mass is 35.5. The van der Waals surface area contributed by atoms with Gasteiger partial charge in [-0.05, 0) is 36.8 Å². The summed E-state index contributed by atoms with van der Waals surface area (Å²) in [6.07, 6.45) is 3.09. The Morgan fingerprint density at radius 2 is 2.16 bits per heavy atom. The van der Waals surface area contributed by atoms with Crippen molar-refractivity contribution >= 4 is 28.4 Å². The van der Waals surface area contributed by atoms with E-state index < -0.39 is 11.9 Å². The molecule has 7 heteroatoms. The number of carbonyl (C=O) groups is 1. The number of rotatable bonds is 4. The molecule has 0 unspecified atom stereocenters. The fourth-order valence-corrected chi connectivity index (χ4v) is 2.65. The van der Waals surface area contributed by atoms with Crippen LogP contribution in [0.5, 0.6) is 0 Å². The summed E-state index contributed by atoms with van der Waals surface area (Å²) in [7, 11) is 0. The van der Waals surface area contributed by atoms with Crippen LogP contribution in [0.3, 0.4) is 0 Å². The van der Waals surface area contributed by atoms with Gasteiger partial charge in [0.05, 0.1) is 11.1 Å². The highest BCUT2D eigenvalue weighted by Gasteiger charge is 2.13. The fraction of sp³-hybridized carbons (Fsp3) is 0.167. The second-order valence-corrected chi connectivity index (χ2v) is 6.06. The van der Waals surface area contributed by atoms with E-state index in [2.05, 4.69) is 10.3 Å². The van der Waals surface area contributed by atoms with Crippen molar-refractivity contribution < 1.29 is 9.18 Å². The van der Waals surface area contributed by atoms with E-state index in [1.165, 1.54) is 22.9 Å². The molecule has 2 heterocycles. The SMILES string of the molecule is C[C@H](NC(=O)Cn1ccc2cccnc2c1=O)c1ccc(Cl)c(F)c1. The zero-order valence-electron chi connectivity index (χ0n) is 13.4. The first-order valence-corrected chi connectivity index (χ1v) is 8.02. The predicted molar refractivity (Wildman–Crippen MR) is 94.0 cm³/mol. The van der Waals surface area contributed by atoms with Crippen molar-refractivity contribution in [1.82, 2.24) is 14.9 Å². The van der Waals surface area contributed by atoms with E-state index in [9.17, 15) is 14.0 Å². The van der Waals surface area contributed by atoms with Crippen molar-refractivity contribution in [3.63, 3.8) is 0 Å². The third-order valence-electron chi connectivity index (χ3n) is 3.87. The highest BCUT2D eigenvalue weighted by molar-refractivity contribution is 6.30. The number of benzene rings is 1. The van der Waals surface area contributed by atoms with Gasteiger partial charge in [-0.15, -0.1) is 0 Å². The van der Waals surface area contributed by atoms with Gasteiger partial charge in [-0.25, -0.2) is 4.39 Å². The van der Waals surface area contributed by atoms with Gasteiger partial charge in [0.25, 0.3) is 5.56 Å². The Bertz CT molecular complexity index is 1000. The lowest BCUT2D eigenvalue weighted by Gasteiger charge is -2.15. The molecule has 2 aromatic heterocycles. The van der Waals surface area contributed by atoms with E-state index in [1.807, 2.05) is 0 Å². The minimum Gasteiger partial charge on any atom is -0.348 e. The highest BCUT2D eigenvalue weighted by Crippen LogP contribution is 2.20. The third-order valence-corrected chi connectivity index (χ3v) is 4.18. The van der Waals surface area contributed by atoms with Crippen LogP contribution in [0.25, 0.3) is 10.9 Å².